The molecule has 3 N–H and O–H groups in total. The summed E-state index contributed by atoms with van der Waals surface area (Å²) in [4.78, 5) is 38.5. The molecule has 2 aliphatic carbocycles. The van der Waals surface area contributed by atoms with E-state index in [1.165, 1.54) is 32.1 Å². The van der Waals surface area contributed by atoms with E-state index in [9.17, 15) is 19.5 Å². The zero-order valence-corrected chi connectivity index (χ0v) is 25.8. The Morgan fingerprint density at radius 2 is 1.80 bits per heavy atom. The molecule has 0 heterocycles. The fraction of sp³-hybridized carbons (Fsp3) is 0.559. The molecule has 0 radical (unpaired) electrons. The summed E-state index contributed by atoms with van der Waals surface area (Å²) in [5.41, 5.74) is 2.95. The van der Waals surface area contributed by atoms with Crippen molar-refractivity contribution in [2.24, 2.45) is 23.7 Å². The number of amides is 2. The molecule has 0 bridgehead atoms. The van der Waals surface area contributed by atoms with Crippen LogP contribution in [0.1, 0.15) is 80.3 Å². The number of hydrogen-bond donors (Lipinski definition) is 3. The van der Waals surface area contributed by atoms with E-state index in [2.05, 4.69) is 24.5 Å². The maximum absolute atomic E-state index is 13.5. The Hall–Kier alpha value is -2.80. The molecule has 0 aromatic heterocycles. The summed E-state index contributed by atoms with van der Waals surface area (Å²) in [6, 6.07) is 13.5. The molecule has 2 fully saturated rings. The van der Waals surface area contributed by atoms with Gasteiger partial charge in [-0.05, 0) is 90.7 Å². The topological polar surface area (TPSA) is 95.5 Å². The first-order chi connectivity index (χ1) is 19.7. The van der Waals surface area contributed by atoms with Crippen LogP contribution in [0.25, 0.3) is 11.1 Å². The van der Waals surface area contributed by atoms with E-state index in [1.807, 2.05) is 49.6 Å². The Bertz CT molecular complexity index is 1250. The van der Waals surface area contributed by atoms with Gasteiger partial charge in [0.1, 0.15) is 5.54 Å². The molecular weight excluding hydrogens is 532 g/mol. The maximum Gasteiger partial charge on any atom is 0.329 e. The van der Waals surface area contributed by atoms with Gasteiger partial charge in [-0.1, -0.05) is 69.5 Å². The Morgan fingerprint density at radius 3 is 2.49 bits per heavy atom. The Kier molecular flexibility index (Phi) is 10.6. The molecular formula is C34H46N2O4S. The van der Waals surface area contributed by atoms with Gasteiger partial charge in [0.25, 0.3) is 5.91 Å². The summed E-state index contributed by atoms with van der Waals surface area (Å²) < 4.78 is 0. The highest BCUT2D eigenvalue weighted by molar-refractivity contribution is 7.98. The average Bonchev–Trinajstić information content (AvgIpc) is 3.68. The third-order valence-corrected chi connectivity index (χ3v) is 10.2. The highest BCUT2D eigenvalue weighted by atomic mass is 32.2. The molecule has 2 aliphatic rings. The Balaban J connectivity index is 1.45. The highest BCUT2D eigenvalue weighted by Crippen LogP contribution is 2.46. The minimum absolute atomic E-state index is 0.0636. The van der Waals surface area contributed by atoms with Gasteiger partial charge in [-0.25, -0.2) is 4.79 Å². The Labute approximate surface area is 249 Å². The number of benzene rings is 2. The van der Waals surface area contributed by atoms with Crippen LogP contribution in [0.3, 0.4) is 0 Å². The Morgan fingerprint density at radius 1 is 1.02 bits per heavy atom. The standard InChI is InChI=1S/C34H46N2O4S/c1-5-23-11-14-26(25(6-2)17-23)20-35-31(37)16-13-24-12-15-29(30(18-24)28-10-8-7-9-22(28)3)32(38)36-34(33(39)40)19-27(34)21-41-4/h7-10,12,15,18,23,25-27H,5-6,11,13-14,16-17,19-21H2,1-4H3,(H,35,37)(H,36,38)(H,39,40). The molecule has 0 aliphatic heterocycles. The summed E-state index contributed by atoms with van der Waals surface area (Å²) in [5, 5.41) is 16.0. The van der Waals surface area contributed by atoms with E-state index in [-0.39, 0.29) is 17.7 Å². The third-order valence-electron chi connectivity index (χ3n) is 9.51. The predicted molar refractivity (Wildman–Crippen MR) is 167 cm³/mol. The molecule has 2 aromatic rings. The van der Waals surface area contributed by atoms with E-state index in [1.54, 1.807) is 17.8 Å². The lowest BCUT2D eigenvalue weighted by molar-refractivity contribution is -0.140. The van der Waals surface area contributed by atoms with Gasteiger partial charge in [0.05, 0.1) is 0 Å². The van der Waals surface area contributed by atoms with Gasteiger partial charge in [0.2, 0.25) is 5.91 Å². The van der Waals surface area contributed by atoms with Crippen molar-refractivity contribution in [2.75, 3.05) is 18.6 Å². The van der Waals surface area contributed by atoms with Crippen LogP contribution in [-0.2, 0) is 16.0 Å². The zero-order chi connectivity index (χ0) is 29.6. The molecule has 2 saturated carbocycles. The SMILES string of the molecule is CCC1CCC(CNC(=O)CCc2ccc(C(=O)NC3(C(=O)O)CC3CSC)c(-c3ccccc3C)c2)C(CC)C1. The largest absolute Gasteiger partial charge is 0.479 e. The zero-order valence-electron chi connectivity index (χ0n) is 25.0. The molecule has 222 valence electrons. The smallest absolute Gasteiger partial charge is 0.329 e. The number of aliphatic carboxylic acids is 1. The van der Waals surface area contributed by atoms with Gasteiger partial charge in [-0.3, -0.25) is 9.59 Å². The van der Waals surface area contributed by atoms with Crippen LogP contribution in [0.2, 0.25) is 0 Å². The fourth-order valence-corrected chi connectivity index (χ4v) is 7.47. The van der Waals surface area contributed by atoms with Gasteiger partial charge < -0.3 is 15.7 Å². The fourth-order valence-electron chi connectivity index (χ4n) is 6.67. The van der Waals surface area contributed by atoms with Crippen LogP contribution in [0.4, 0.5) is 0 Å². The molecule has 4 rings (SSSR count). The summed E-state index contributed by atoms with van der Waals surface area (Å²) in [5.74, 6) is 1.41. The van der Waals surface area contributed by atoms with Crippen LogP contribution in [0, 0.1) is 30.6 Å². The number of carbonyl (C=O) groups is 3. The molecule has 5 atom stereocenters. The van der Waals surface area contributed by atoms with Crippen molar-refractivity contribution in [3.05, 3.63) is 59.2 Å². The summed E-state index contributed by atoms with van der Waals surface area (Å²) in [6.07, 6.45) is 9.51. The highest BCUT2D eigenvalue weighted by Gasteiger charge is 2.61. The predicted octanol–water partition coefficient (Wildman–Crippen LogP) is 6.50. The van der Waals surface area contributed by atoms with Gasteiger partial charge in [0, 0.05) is 24.4 Å². The van der Waals surface area contributed by atoms with Crippen molar-refractivity contribution in [2.45, 2.75) is 77.7 Å². The molecule has 0 spiro atoms. The van der Waals surface area contributed by atoms with Crippen LogP contribution < -0.4 is 10.6 Å². The first-order valence-corrected chi connectivity index (χ1v) is 16.6. The van der Waals surface area contributed by atoms with Gasteiger partial charge in [0.15, 0.2) is 0 Å². The molecule has 0 saturated heterocycles. The van der Waals surface area contributed by atoms with E-state index < -0.39 is 11.5 Å². The summed E-state index contributed by atoms with van der Waals surface area (Å²) in [7, 11) is 0. The molecule has 7 heteroatoms. The number of carboxylic acids is 1. The first kappa shape index (κ1) is 31.1. The molecule has 2 amide bonds. The molecule has 6 nitrogen and oxygen atoms in total. The van der Waals surface area contributed by atoms with Gasteiger partial charge in [-0.2, -0.15) is 11.8 Å². The number of nitrogens with one attached hydrogen (secondary N) is 2. The summed E-state index contributed by atoms with van der Waals surface area (Å²) in [6.45, 7) is 7.31. The van der Waals surface area contributed by atoms with Gasteiger partial charge in [-0.15, -0.1) is 0 Å². The number of carbonyl (C=O) groups excluding carboxylic acids is 2. The lowest BCUT2D eigenvalue weighted by atomic mass is 9.72. The molecule has 5 unspecified atom stereocenters. The van der Waals surface area contributed by atoms with Crippen molar-refractivity contribution in [3.8, 4) is 11.1 Å². The molecule has 41 heavy (non-hydrogen) atoms. The van der Waals surface area contributed by atoms with Crippen LogP contribution in [-0.4, -0.2) is 47.0 Å². The number of aryl methyl sites for hydroxylation is 2. The van der Waals surface area contributed by atoms with Crippen molar-refractivity contribution in [1.82, 2.24) is 10.6 Å². The third kappa shape index (κ3) is 7.35. The van der Waals surface area contributed by atoms with E-state index >= 15 is 0 Å². The average molecular weight is 579 g/mol. The van der Waals surface area contributed by atoms with E-state index in [4.69, 9.17) is 0 Å². The van der Waals surface area contributed by atoms with E-state index in [0.29, 0.717) is 42.4 Å². The van der Waals surface area contributed by atoms with Gasteiger partial charge >= 0.3 is 5.97 Å². The van der Waals surface area contributed by atoms with Crippen molar-refractivity contribution in [3.63, 3.8) is 0 Å². The monoisotopic (exact) mass is 578 g/mol. The normalized spacial score (nSPS) is 25.4. The van der Waals surface area contributed by atoms with Crippen LogP contribution >= 0.6 is 11.8 Å². The number of hydrogen-bond acceptors (Lipinski definition) is 4. The van der Waals surface area contributed by atoms with Crippen molar-refractivity contribution < 1.29 is 19.5 Å². The van der Waals surface area contributed by atoms with Crippen molar-refractivity contribution >= 4 is 29.5 Å². The molecule has 2 aromatic carbocycles. The van der Waals surface area contributed by atoms with Crippen LogP contribution in [0.15, 0.2) is 42.5 Å². The minimum Gasteiger partial charge on any atom is -0.479 e. The lowest BCUT2D eigenvalue weighted by Crippen LogP contribution is -2.45. The maximum atomic E-state index is 13.5. The number of rotatable bonds is 13. The lowest BCUT2D eigenvalue weighted by Gasteiger charge is -2.35. The second-order valence-electron chi connectivity index (χ2n) is 12.1. The first-order valence-electron chi connectivity index (χ1n) is 15.2. The summed E-state index contributed by atoms with van der Waals surface area (Å²) >= 11 is 1.59. The van der Waals surface area contributed by atoms with E-state index in [0.717, 1.165) is 34.7 Å². The van der Waals surface area contributed by atoms with Crippen LogP contribution in [0.5, 0.6) is 0 Å². The number of thioether (sulfide) groups is 1. The number of carboxylic acid groups (broad SMARTS) is 1. The second kappa shape index (κ2) is 13.9. The minimum atomic E-state index is -1.20. The quantitative estimate of drug-likeness (QED) is 0.252. The van der Waals surface area contributed by atoms with Crippen molar-refractivity contribution in [1.29, 1.82) is 0 Å². The second-order valence-corrected chi connectivity index (χ2v) is 13.0.